The van der Waals surface area contributed by atoms with Gasteiger partial charge < -0.3 is 4.74 Å². The van der Waals surface area contributed by atoms with E-state index < -0.39 is 10.0 Å². The van der Waals surface area contributed by atoms with Gasteiger partial charge in [0.05, 0.1) is 25.5 Å². The fourth-order valence-corrected chi connectivity index (χ4v) is 2.19. The first-order valence-electron chi connectivity index (χ1n) is 3.66. The minimum atomic E-state index is -3.16. The van der Waals surface area contributed by atoms with Crippen LogP contribution in [0.25, 0.3) is 0 Å². The van der Waals surface area contributed by atoms with E-state index in [1.54, 1.807) is 0 Å². The molecule has 0 atom stereocenters. The van der Waals surface area contributed by atoms with E-state index in [9.17, 15) is 8.42 Å². The number of ether oxygens (including phenoxy) is 1. The average Bonchev–Trinajstić information content (AvgIpc) is 2.15. The lowest BCUT2D eigenvalue weighted by molar-refractivity contribution is 0.148. The zero-order chi connectivity index (χ0) is 9.03. The zero-order valence-electron chi connectivity index (χ0n) is 6.69. The summed E-state index contributed by atoms with van der Waals surface area (Å²) in [5.41, 5.74) is 0. The van der Waals surface area contributed by atoms with E-state index in [0.717, 1.165) is 0 Å². The van der Waals surface area contributed by atoms with E-state index in [1.165, 1.54) is 4.31 Å². The highest BCUT2D eigenvalue weighted by atomic mass is 32.2. The van der Waals surface area contributed by atoms with Crippen molar-refractivity contribution >= 4 is 10.0 Å². The third-order valence-corrected chi connectivity index (χ3v) is 3.41. The van der Waals surface area contributed by atoms with Crippen LogP contribution in [0.3, 0.4) is 0 Å². The molecule has 1 heterocycles. The largest absolute Gasteiger partial charge is 0.379 e. The second-order valence-corrected chi connectivity index (χ2v) is 4.55. The molecule has 0 aliphatic carbocycles. The summed E-state index contributed by atoms with van der Waals surface area (Å²) in [4.78, 5) is 0. The monoisotopic (exact) mass is 189 g/mol. The van der Waals surface area contributed by atoms with Gasteiger partial charge in [0.2, 0.25) is 10.0 Å². The van der Waals surface area contributed by atoms with Crippen LogP contribution in [0.2, 0.25) is 0 Å². The van der Waals surface area contributed by atoms with Crippen molar-refractivity contribution in [2.24, 2.45) is 0 Å². The Kier molecular flexibility index (Phi) is 3.09. The van der Waals surface area contributed by atoms with Gasteiger partial charge in [0, 0.05) is 6.54 Å². The molecule has 1 rings (SSSR count). The second kappa shape index (κ2) is 3.90. The van der Waals surface area contributed by atoms with Crippen LogP contribution in [0, 0.1) is 12.3 Å². The molecule has 4 nitrogen and oxygen atoms in total. The third-order valence-electron chi connectivity index (χ3n) is 1.63. The summed E-state index contributed by atoms with van der Waals surface area (Å²) in [5.74, 6) is 2.35. The lowest BCUT2D eigenvalue weighted by Crippen LogP contribution is -2.33. The summed E-state index contributed by atoms with van der Waals surface area (Å²) in [7, 11) is -3.16. The van der Waals surface area contributed by atoms with Crippen molar-refractivity contribution in [3.8, 4) is 12.3 Å². The molecule has 0 bridgehead atoms. The summed E-state index contributed by atoms with van der Waals surface area (Å²) < 4.78 is 29.0. The number of sulfonamides is 1. The molecule has 0 aromatic rings. The highest BCUT2D eigenvalue weighted by Crippen LogP contribution is 2.04. The number of hydrogen-bond acceptors (Lipinski definition) is 3. The Morgan fingerprint density at radius 1 is 1.50 bits per heavy atom. The van der Waals surface area contributed by atoms with Gasteiger partial charge in [0.1, 0.15) is 0 Å². The molecule has 0 unspecified atom stereocenters. The van der Waals surface area contributed by atoms with E-state index in [-0.39, 0.29) is 18.9 Å². The molecule has 0 aromatic carbocycles. The van der Waals surface area contributed by atoms with Gasteiger partial charge in [-0.15, -0.1) is 6.42 Å². The van der Waals surface area contributed by atoms with Crippen molar-refractivity contribution < 1.29 is 13.2 Å². The zero-order valence-corrected chi connectivity index (χ0v) is 7.51. The lowest BCUT2D eigenvalue weighted by Gasteiger charge is -2.14. The molecule has 1 aliphatic rings. The van der Waals surface area contributed by atoms with Crippen LogP contribution < -0.4 is 0 Å². The van der Waals surface area contributed by atoms with Crippen LogP contribution >= 0.6 is 0 Å². The Labute approximate surface area is 72.6 Å². The number of terminal acetylenes is 1. The average molecular weight is 189 g/mol. The number of hydrogen-bond donors (Lipinski definition) is 0. The molecular formula is C7H11NO3S. The Hall–Kier alpha value is -0.570. The van der Waals surface area contributed by atoms with E-state index in [0.29, 0.717) is 13.2 Å². The highest BCUT2D eigenvalue weighted by Gasteiger charge is 2.23. The number of rotatable bonds is 1. The standard InChI is InChI=1S/C7H11NO3S/c1-2-3-8-4-5-11-6-7-12(8,9)10/h1H,3-7H2. The predicted octanol–water partition coefficient (Wildman–Crippen LogP) is -0.718. The van der Waals surface area contributed by atoms with E-state index >= 15 is 0 Å². The summed E-state index contributed by atoms with van der Waals surface area (Å²) in [5, 5.41) is 0. The van der Waals surface area contributed by atoms with E-state index in [1.807, 2.05) is 0 Å². The second-order valence-electron chi connectivity index (χ2n) is 2.47. The summed E-state index contributed by atoms with van der Waals surface area (Å²) in [6, 6.07) is 0. The quantitative estimate of drug-likeness (QED) is 0.511. The van der Waals surface area contributed by atoms with E-state index in [4.69, 9.17) is 11.2 Å². The maximum atomic E-state index is 11.3. The van der Waals surface area contributed by atoms with Crippen molar-refractivity contribution in [2.45, 2.75) is 0 Å². The Morgan fingerprint density at radius 3 is 2.92 bits per heavy atom. The molecule has 1 aliphatic heterocycles. The predicted molar refractivity (Wildman–Crippen MR) is 45.0 cm³/mol. The van der Waals surface area contributed by atoms with Gasteiger partial charge in [-0.25, -0.2) is 8.42 Å². The van der Waals surface area contributed by atoms with Crippen molar-refractivity contribution in [3.05, 3.63) is 0 Å². The lowest BCUT2D eigenvalue weighted by atomic mass is 10.6. The SMILES string of the molecule is C#CCN1CCOCCS1(=O)=O. The molecule has 1 saturated heterocycles. The van der Waals surface area contributed by atoms with Crippen LogP contribution in [0.1, 0.15) is 0 Å². The first-order valence-corrected chi connectivity index (χ1v) is 5.27. The van der Waals surface area contributed by atoms with Gasteiger partial charge in [0.25, 0.3) is 0 Å². The molecule has 12 heavy (non-hydrogen) atoms. The normalized spacial score (nSPS) is 24.2. The van der Waals surface area contributed by atoms with Gasteiger partial charge in [0.15, 0.2) is 0 Å². The third kappa shape index (κ3) is 2.21. The molecule has 0 aromatic heterocycles. The summed E-state index contributed by atoms with van der Waals surface area (Å²) >= 11 is 0. The molecule has 68 valence electrons. The molecule has 1 fully saturated rings. The summed E-state index contributed by atoms with van der Waals surface area (Å²) in [6.07, 6.45) is 5.03. The van der Waals surface area contributed by atoms with Crippen LogP contribution in [-0.4, -0.2) is 44.8 Å². The smallest absolute Gasteiger partial charge is 0.217 e. The fourth-order valence-electron chi connectivity index (χ4n) is 0.980. The van der Waals surface area contributed by atoms with Crippen LogP contribution in [0.15, 0.2) is 0 Å². The number of nitrogens with zero attached hydrogens (tertiary/aromatic N) is 1. The van der Waals surface area contributed by atoms with Crippen molar-refractivity contribution in [3.63, 3.8) is 0 Å². The minimum absolute atomic E-state index is 0.0364. The first-order chi connectivity index (χ1) is 5.67. The molecule has 0 radical (unpaired) electrons. The Balaban J connectivity index is 2.74. The Bertz CT molecular complexity index is 278. The van der Waals surface area contributed by atoms with Crippen molar-refractivity contribution in [2.75, 3.05) is 32.1 Å². The van der Waals surface area contributed by atoms with Gasteiger partial charge in [-0.1, -0.05) is 5.92 Å². The maximum Gasteiger partial charge on any atom is 0.217 e. The molecule has 5 heteroatoms. The first kappa shape index (κ1) is 9.52. The molecular weight excluding hydrogens is 178 g/mol. The van der Waals surface area contributed by atoms with Crippen LogP contribution in [-0.2, 0) is 14.8 Å². The molecule has 0 amide bonds. The van der Waals surface area contributed by atoms with Crippen LogP contribution in [0.5, 0.6) is 0 Å². The topological polar surface area (TPSA) is 46.6 Å². The minimum Gasteiger partial charge on any atom is -0.379 e. The van der Waals surface area contributed by atoms with Crippen molar-refractivity contribution in [1.82, 2.24) is 4.31 Å². The van der Waals surface area contributed by atoms with E-state index in [2.05, 4.69) is 5.92 Å². The van der Waals surface area contributed by atoms with Gasteiger partial charge in [-0.3, -0.25) is 0 Å². The van der Waals surface area contributed by atoms with Gasteiger partial charge in [-0.2, -0.15) is 4.31 Å². The Morgan fingerprint density at radius 2 is 2.25 bits per heavy atom. The highest BCUT2D eigenvalue weighted by molar-refractivity contribution is 7.89. The molecule has 0 spiro atoms. The van der Waals surface area contributed by atoms with Crippen LogP contribution in [0.4, 0.5) is 0 Å². The summed E-state index contributed by atoms with van der Waals surface area (Å²) in [6.45, 7) is 1.21. The maximum absolute atomic E-state index is 11.3. The fraction of sp³-hybridized carbons (Fsp3) is 0.714. The van der Waals surface area contributed by atoms with Crippen molar-refractivity contribution in [1.29, 1.82) is 0 Å². The van der Waals surface area contributed by atoms with Gasteiger partial charge in [-0.05, 0) is 0 Å². The molecule has 0 saturated carbocycles. The molecule has 0 N–H and O–H groups in total. The van der Waals surface area contributed by atoms with Gasteiger partial charge >= 0.3 is 0 Å².